The normalized spacial score (nSPS) is 10.8. The van der Waals surface area contributed by atoms with Gasteiger partial charge in [0.2, 0.25) is 0 Å². The monoisotopic (exact) mass is 453 g/mol. The quantitative estimate of drug-likeness (QED) is 0.366. The van der Waals surface area contributed by atoms with Crippen molar-refractivity contribution in [3.63, 3.8) is 0 Å². The Hall–Kier alpha value is -2.07. The van der Waals surface area contributed by atoms with Gasteiger partial charge in [0.1, 0.15) is 4.90 Å². The van der Waals surface area contributed by atoms with Gasteiger partial charge in [0.15, 0.2) is 0 Å². The number of halogens is 1. The van der Waals surface area contributed by atoms with Crippen LogP contribution in [0.5, 0.6) is 0 Å². The molecule has 0 aliphatic rings. The second-order valence-corrected chi connectivity index (χ2v) is 7.23. The molecular weight excluding hydrogens is 441 g/mol. The fourth-order valence-electron chi connectivity index (χ4n) is 2.19. The molecule has 122 valence electrons. The number of benzene rings is 2. The summed E-state index contributed by atoms with van der Waals surface area (Å²) in [5.74, 6) is 0. The first kappa shape index (κ1) is 16.8. The lowest BCUT2D eigenvalue weighted by atomic mass is 10.3. The molecule has 0 aliphatic heterocycles. The SMILES string of the molecule is Cc1[nH]n(-c2ccc([N+](=O)[O-])cc2)c(=O)c1Sc1ccccc1I. The Bertz CT molecular complexity index is 963. The van der Waals surface area contributed by atoms with Crippen LogP contribution >= 0.6 is 34.4 Å². The largest absolute Gasteiger partial charge is 0.294 e. The lowest BCUT2D eigenvalue weighted by molar-refractivity contribution is -0.384. The first-order valence-corrected chi connectivity index (χ1v) is 8.85. The number of hydrogen-bond donors (Lipinski definition) is 1. The van der Waals surface area contributed by atoms with Gasteiger partial charge in [-0.25, -0.2) is 4.68 Å². The molecule has 8 heteroatoms. The number of rotatable bonds is 4. The zero-order valence-corrected chi connectivity index (χ0v) is 15.5. The third kappa shape index (κ3) is 3.24. The van der Waals surface area contributed by atoms with Gasteiger partial charge in [-0.1, -0.05) is 23.9 Å². The van der Waals surface area contributed by atoms with Crippen LogP contribution in [-0.2, 0) is 0 Å². The summed E-state index contributed by atoms with van der Waals surface area (Å²) in [5, 5.41) is 13.8. The maximum absolute atomic E-state index is 12.7. The van der Waals surface area contributed by atoms with Gasteiger partial charge in [-0.15, -0.1) is 0 Å². The van der Waals surface area contributed by atoms with Crippen LogP contribution in [0.25, 0.3) is 5.69 Å². The van der Waals surface area contributed by atoms with Crippen molar-refractivity contribution in [2.75, 3.05) is 0 Å². The predicted molar refractivity (Wildman–Crippen MR) is 101 cm³/mol. The van der Waals surface area contributed by atoms with E-state index >= 15 is 0 Å². The van der Waals surface area contributed by atoms with Crippen molar-refractivity contribution in [1.29, 1.82) is 0 Å². The summed E-state index contributed by atoms with van der Waals surface area (Å²) in [4.78, 5) is 24.6. The van der Waals surface area contributed by atoms with E-state index in [2.05, 4.69) is 27.7 Å². The summed E-state index contributed by atoms with van der Waals surface area (Å²) in [7, 11) is 0. The molecule has 1 aromatic heterocycles. The summed E-state index contributed by atoms with van der Waals surface area (Å²) < 4.78 is 2.47. The number of nitrogens with zero attached hydrogens (tertiary/aromatic N) is 2. The third-order valence-corrected chi connectivity index (χ3v) is 5.95. The number of nitrogens with one attached hydrogen (secondary N) is 1. The van der Waals surface area contributed by atoms with Gasteiger partial charge in [-0.05, 0) is 53.8 Å². The van der Waals surface area contributed by atoms with Gasteiger partial charge < -0.3 is 0 Å². The third-order valence-electron chi connectivity index (χ3n) is 3.38. The van der Waals surface area contributed by atoms with Crippen molar-refractivity contribution in [1.82, 2.24) is 9.78 Å². The number of aromatic nitrogens is 2. The first-order valence-electron chi connectivity index (χ1n) is 6.96. The molecule has 1 N–H and O–H groups in total. The van der Waals surface area contributed by atoms with Crippen LogP contribution in [0.3, 0.4) is 0 Å². The number of hydrogen-bond acceptors (Lipinski definition) is 4. The van der Waals surface area contributed by atoms with E-state index in [1.807, 2.05) is 31.2 Å². The smallest absolute Gasteiger partial charge is 0.285 e. The second kappa shape index (κ2) is 6.81. The van der Waals surface area contributed by atoms with Crippen LogP contribution in [0.15, 0.2) is 63.1 Å². The van der Waals surface area contributed by atoms with Crippen LogP contribution in [0.2, 0.25) is 0 Å². The fraction of sp³-hybridized carbons (Fsp3) is 0.0625. The van der Waals surface area contributed by atoms with E-state index in [9.17, 15) is 14.9 Å². The van der Waals surface area contributed by atoms with Gasteiger partial charge in [0.05, 0.1) is 10.6 Å². The lowest BCUT2D eigenvalue weighted by Crippen LogP contribution is -2.15. The Morgan fingerprint density at radius 1 is 1.17 bits per heavy atom. The standard InChI is InChI=1S/C16H12IN3O3S/c1-10-15(24-14-5-3-2-4-13(14)17)16(21)19(18-10)11-6-8-12(9-7-11)20(22)23/h2-9,18H,1H3. The summed E-state index contributed by atoms with van der Waals surface area (Å²) in [5.41, 5.74) is 1.13. The number of aromatic amines is 1. The Kier molecular flexibility index (Phi) is 4.76. The Morgan fingerprint density at radius 3 is 2.46 bits per heavy atom. The molecule has 0 unspecified atom stereocenters. The highest BCUT2D eigenvalue weighted by molar-refractivity contribution is 14.1. The highest BCUT2D eigenvalue weighted by atomic mass is 127. The number of non-ortho nitro benzene ring substituents is 1. The summed E-state index contributed by atoms with van der Waals surface area (Å²) in [6.45, 7) is 1.83. The van der Waals surface area contributed by atoms with Gasteiger partial charge >= 0.3 is 0 Å². The fourth-order valence-corrected chi connectivity index (χ4v) is 3.82. The van der Waals surface area contributed by atoms with E-state index < -0.39 is 4.92 Å². The molecule has 0 spiro atoms. The van der Waals surface area contributed by atoms with Gasteiger partial charge in [-0.3, -0.25) is 20.0 Å². The van der Waals surface area contributed by atoms with E-state index in [1.54, 1.807) is 12.1 Å². The molecule has 0 atom stereocenters. The molecule has 0 saturated heterocycles. The van der Waals surface area contributed by atoms with Gasteiger partial charge in [0, 0.05) is 26.3 Å². The topological polar surface area (TPSA) is 80.9 Å². The van der Waals surface area contributed by atoms with Crippen molar-refractivity contribution in [3.05, 3.63) is 78.3 Å². The highest BCUT2D eigenvalue weighted by Crippen LogP contribution is 2.31. The molecule has 0 amide bonds. The van der Waals surface area contributed by atoms with Crippen molar-refractivity contribution >= 4 is 40.0 Å². The van der Waals surface area contributed by atoms with Crippen molar-refractivity contribution in [3.8, 4) is 5.69 Å². The molecule has 6 nitrogen and oxygen atoms in total. The Labute approximate surface area is 155 Å². The molecule has 0 saturated carbocycles. The number of H-pyrrole nitrogens is 1. The van der Waals surface area contributed by atoms with Crippen LogP contribution in [0, 0.1) is 20.6 Å². The number of nitro groups is 1. The zero-order valence-electron chi connectivity index (χ0n) is 12.5. The average molecular weight is 453 g/mol. The van der Waals surface area contributed by atoms with Crippen LogP contribution < -0.4 is 5.56 Å². The minimum absolute atomic E-state index is 0.0106. The first-order chi connectivity index (χ1) is 11.5. The molecule has 0 bridgehead atoms. The lowest BCUT2D eigenvalue weighted by Gasteiger charge is -2.02. The summed E-state index contributed by atoms with van der Waals surface area (Å²) >= 11 is 3.65. The average Bonchev–Trinajstić information content (AvgIpc) is 2.85. The maximum Gasteiger partial charge on any atom is 0.285 e. The summed E-state index contributed by atoms with van der Waals surface area (Å²) in [6, 6.07) is 13.7. The molecule has 3 aromatic rings. The molecule has 3 rings (SSSR count). The predicted octanol–water partition coefficient (Wildman–Crippen LogP) is 4.14. The molecule has 0 radical (unpaired) electrons. The Balaban J connectivity index is 1.99. The van der Waals surface area contributed by atoms with Crippen molar-refractivity contribution in [2.45, 2.75) is 16.7 Å². The minimum Gasteiger partial charge on any atom is -0.294 e. The van der Waals surface area contributed by atoms with E-state index in [4.69, 9.17) is 0 Å². The van der Waals surface area contributed by atoms with Crippen LogP contribution in [0.1, 0.15) is 5.69 Å². The zero-order chi connectivity index (χ0) is 17.3. The molecule has 0 fully saturated rings. The molecular formula is C16H12IN3O3S. The number of aryl methyl sites for hydroxylation is 1. The highest BCUT2D eigenvalue weighted by Gasteiger charge is 2.15. The van der Waals surface area contributed by atoms with Gasteiger partial charge in [-0.2, -0.15) is 0 Å². The minimum atomic E-state index is -0.467. The van der Waals surface area contributed by atoms with E-state index in [1.165, 1.54) is 28.6 Å². The second-order valence-electron chi connectivity index (χ2n) is 5.01. The van der Waals surface area contributed by atoms with Gasteiger partial charge in [0.25, 0.3) is 11.2 Å². The summed E-state index contributed by atoms with van der Waals surface area (Å²) in [6.07, 6.45) is 0. The molecule has 1 heterocycles. The van der Waals surface area contributed by atoms with E-state index in [0.717, 1.165) is 14.2 Å². The molecule has 2 aromatic carbocycles. The maximum atomic E-state index is 12.7. The Morgan fingerprint density at radius 2 is 1.83 bits per heavy atom. The van der Waals surface area contributed by atoms with Crippen LogP contribution in [-0.4, -0.2) is 14.7 Å². The van der Waals surface area contributed by atoms with Crippen molar-refractivity contribution < 1.29 is 4.92 Å². The number of nitro benzene ring substituents is 1. The van der Waals surface area contributed by atoms with Crippen molar-refractivity contribution in [2.24, 2.45) is 0 Å². The van der Waals surface area contributed by atoms with Crippen LogP contribution in [0.4, 0.5) is 5.69 Å². The van der Waals surface area contributed by atoms with E-state index in [0.29, 0.717) is 10.6 Å². The van der Waals surface area contributed by atoms with E-state index in [-0.39, 0.29) is 11.2 Å². The molecule has 0 aliphatic carbocycles. The molecule has 24 heavy (non-hydrogen) atoms.